The molecule has 1 amide bonds. The van der Waals surface area contributed by atoms with Crippen LogP contribution < -0.4 is 15.1 Å². The third kappa shape index (κ3) is 4.30. The van der Waals surface area contributed by atoms with Crippen LogP contribution in [0.25, 0.3) is 10.8 Å². The second-order valence-electron chi connectivity index (χ2n) is 7.69. The summed E-state index contributed by atoms with van der Waals surface area (Å²) in [6.45, 7) is 4.32. The number of nitrogens with zero attached hydrogens (tertiary/aromatic N) is 2. The predicted molar refractivity (Wildman–Crippen MR) is 123 cm³/mol. The van der Waals surface area contributed by atoms with Crippen molar-refractivity contribution in [2.75, 3.05) is 25.1 Å². The summed E-state index contributed by atoms with van der Waals surface area (Å²) in [5.41, 5.74) is 6.48. The number of piperidine rings is 1. The van der Waals surface area contributed by atoms with Gasteiger partial charge in [0.2, 0.25) is 0 Å². The quantitative estimate of drug-likeness (QED) is 0.488. The standard InChI is InChI=1S/C25H27N3O2/c1-18-14-22(28-12-6-3-7-13-28)11-10-21(18)17-26-27-25(29)23-15-19-8-4-5-9-20(19)16-24(23)30-2/h4-5,8-11,14-17H,3,6-7,12-13H2,1-2H3,(H,27,29)/b26-17-. The van der Waals surface area contributed by atoms with Gasteiger partial charge in [0.1, 0.15) is 5.75 Å². The van der Waals surface area contributed by atoms with Gasteiger partial charge in [-0.1, -0.05) is 30.3 Å². The van der Waals surface area contributed by atoms with E-state index >= 15 is 0 Å². The number of ether oxygens (including phenoxy) is 1. The summed E-state index contributed by atoms with van der Waals surface area (Å²) in [6, 6.07) is 18.0. The monoisotopic (exact) mass is 401 g/mol. The summed E-state index contributed by atoms with van der Waals surface area (Å²) in [7, 11) is 1.57. The third-order valence-corrected chi connectivity index (χ3v) is 5.66. The fourth-order valence-corrected chi connectivity index (χ4v) is 3.94. The van der Waals surface area contributed by atoms with Gasteiger partial charge in [-0.25, -0.2) is 5.43 Å². The molecule has 0 bridgehead atoms. The molecule has 4 rings (SSSR count). The van der Waals surface area contributed by atoms with E-state index < -0.39 is 0 Å². The minimum absolute atomic E-state index is 0.295. The Morgan fingerprint density at radius 1 is 1.03 bits per heavy atom. The molecule has 5 heteroatoms. The van der Waals surface area contributed by atoms with Crippen molar-refractivity contribution in [3.8, 4) is 5.75 Å². The Bertz CT molecular complexity index is 1080. The van der Waals surface area contributed by atoms with E-state index in [1.54, 1.807) is 13.3 Å². The number of methoxy groups -OCH3 is 1. The van der Waals surface area contributed by atoms with Crippen molar-refractivity contribution in [2.24, 2.45) is 5.10 Å². The van der Waals surface area contributed by atoms with E-state index in [1.165, 1.54) is 24.9 Å². The summed E-state index contributed by atoms with van der Waals surface area (Å²) in [5.74, 6) is 0.236. The van der Waals surface area contributed by atoms with Crippen LogP contribution in [-0.2, 0) is 0 Å². The van der Waals surface area contributed by atoms with Gasteiger partial charge in [-0.3, -0.25) is 4.79 Å². The van der Waals surface area contributed by atoms with Gasteiger partial charge in [-0.2, -0.15) is 5.10 Å². The van der Waals surface area contributed by atoms with E-state index in [0.717, 1.165) is 35.0 Å². The highest BCUT2D eigenvalue weighted by Crippen LogP contribution is 2.26. The fraction of sp³-hybridized carbons (Fsp3) is 0.280. The van der Waals surface area contributed by atoms with Crippen LogP contribution >= 0.6 is 0 Å². The molecule has 1 N–H and O–H groups in total. The molecule has 0 aliphatic carbocycles. The minimum Gasteiger partial charge on any atom is -0.496 e. The van der Waals surface area contributed by atoms with Gasteiger partial charge in [0.25, 0.3) is 5.91 Å². The highest BCUT2D eigenvalue weighted by molar-refractivity contribution is 6.02. The first-order chi connectivity index (χ1) is 14.7. The largest absolute Gasteiger partial charge is 0.496 e. The number of carbonyl (C=O) groups is 1. The van der Waals surface area contributed by atoms with Gasteiger partial charge in [0.15, 0.2) is 0 Å². The zero-order chi connectivity index (χ0) is 20.9. The fourth-order valence-electron chi connectivity index (χ4n) is 3.94. The lowest BCUT2D eigenvalue weighted by Gasteiger charge is -2.29. The average Bonchev–Trinajstić information content (AvgIpc) is 2.79. The van der Waals surface area contributed by atoms with Crippen molar-refractivity contribution in [2.45, 2.75) is 26.2 Å². The van der Waals surface area contributed by atoms with Gasteiger partial charge >= 0.3 is 0 Å². The number of nitrogens with one attached hydrogen (secondary N) is 1. The molecule has 1 heterocycles. The van der Waals surface area contributed by atoms with E-state index in [4.69, 9.17) is 4.74 Å². The molecule has 30 heavy (non-hydrogen) atoms. The van der Waals surface area contributed by atoms with Crippen LogP contribution in [0.15, 0.2) is 59.7 Å². The van der Waals surface area contributed by atoms with Crippen LogP contribution in [0.3, 0.4) is 0 Å². The lowest BCUT2D eigenvalue weighted by molar-refractivity contribution is 0.0952. The van der Waals surface area contributed by atoms with E-state index in [0.29, 0.717) is 11.3 Å². The molecule has 5 nitrogen and oxygen atoms in total. The first kappa shape index (κ1) is 20.0. The molecule has 0 aromatic heterocycles. The normalized spacial score (nSPS) is 14.3. The molecular weight excluding hydrogens is 374 g/mol. The molecule has 3 aromatic rings. The molecule has 0 radical (unpaired) electrons. The van der Waals surface area contributed by atoms with E-state index in [1.807, 2.05) is 36.4 Å². The average molecular weight is 402 g/mol. The predicted octanol–water partition coefficient (Wildman–Crippen LogP) is 4.91. The van der Waals surface area contributed by atoms with Gasteiger partial charge in [0, 0.05) is 18.8 Å². The molecule has 0 atom stereocenters. The van der Waals surface area contributed by atoms with E-state index in [2.05, 4.69) is 40.5 Å². The van der Waals surface area contributed by atoms with Crippen LogP contribution in [0.2, 0.25) is 0 Å². The summed E-state index contributed by atoms with van der Waals surface area (Å²) in [6.07, 6.45) is 5.53. The number of fused-ring (bicyclic) bond motifs is 1. The van der Waals surface area contributed by atoms with Crippen LogP contribution in [0.1, 0.15) is 40.7 Å². The van der Waals surface area contributed by atoms with Crippen molar-refractivity contribution in [3.63, 3.8) is 0 Å². The number of amides is 1. The Balaban J connectivity index is 1.48. The molecule has 3 aromatic carbocycles. The Labute approximate surface area is 177 Å². The molecule has 1 saturated heterocycles. The number of rotatable bonds is 5. The van der Waals surface area contributed by atoms with Crippen molar-refractivity contribution in [3.05, 3.63) is 71.3 Å². The molecule has 1 aliphatic rings. The highest BCUT2D eigenvalue weighted by Gasteiger charge is 2.14. The van der Waals surface area contributed by atoms with Crippen LogP contribution in [0, 0.1) is 6.92 Å². The summed E-state index contributed by atoms with van der Waals surface area (Å²) in [5, 5.41) is 6.19. The number of carbonyl (C=O) groups excluding carboxylic acids is 1. The molecule has 0 spiro atoms. The Hall–Kier alpha value is -3.34. The molecule has 0 unspecified atom stereocenters. The van der Waals surface area contributed by atoms with E-state index in [9.17, 15) is 4.79 Å². The molecule has 1 fully saturated rings. The Morgan fingerprint density at radius 3 is 2.47 bits per heavy atom. The maximum Gasteiger partial charge on any atom is 0.275 e. The molecule has 154 valence electrons. The maximum absolute atomic E-state index is 12.7. The lowest BCUT2D eigenvalue weighted by atomic mass is 10.1. The SMILES string of the molecule is COc1cc2ccccc2cc1C(=O)N/N=C\c1ccc(N2CCCCC2)cc1C. The molecular formula is C25H27N3O2. The zero-order valence-electron chi connectivity index (χ0n) is 17.5. The first-order valence-corrected chi connectivity index (χ1v) is 10.4. The van der Waals surface area contributed by atoms with E-state index in [-0.39, 0.29) is 5.91 Å². The lowest BCUT2D eigenvalue weighted by Crippen LogP contribution is -2.29. The summed E-state index contributed by atoms with van der Waals surface area (Å²) in [4.78, 5) is 15.1. The second-order valence-corrected chi connectivity index (χ2v) is 7.69. The summed E-state index contributed by atoms with van der Waals surface area (Å²) < 4.78 is 5.41. The van der Waals surface area contributed by atoms with Crippen molar-refractivity contribution in [1.29, 1.82) is 0 Å². The topological polar surface area (TPSA) is 53.9 Å². The van der Waals surface area contributed by atoms with Gasteiger partial charge in [0.05, 0.1) is 18.9 Å². The minimum atomic E-state index is -0.295. The number of aryl methyl sites for hydroxylation is 1. The van der Waals surface area contributed by atoms with Crippen LogP contribution in [-0.4, -0.2) is 32.3 Å². The Morgan fingerprint density at radius 2 is 1.77 bits per heavy atom. The number of hydrogen-bond donors (Lipinski definition) is 1. The second kappa shape index (κ2) is 8.99. The van der Waals surface area contributed by atoms with Crippen LogP contribution in [0.5, 0.6) is 5.75 Å². The molecule has 1 aliphatic heterocycles. The summed E-state index contributed by atoms with van der Waals surface area (Å²) >= 11 is 0. The van der Waals surface area contributed by atoms with Crippen molar-refractivity contribution < 1.29 is 9.53 Å². The Kier molecular flexibility index (Phi) is 5.98. The smallest absolute Gasteiger partial charge is 0.275 e. The van der Waals surface area contributed by atoms with Gasteiger partial charge < -0.3 is 9.64 Å². The zero-order valence-corrected chi connectivity index (χ0v) is 17.5. The molecule has 0 saturated carbocycles. The number of hydrazone groups is 1. The van der Waals surface area contributed by atoms with Crippen molar-refractivity contribution in [1.82, 2.24) is 5.43 Å². The highest BCUT2D eigenvalue weighted by atomic mass is 16.5. The van der Waals surface area contributed by atoms with Gasteiger partial charge in [-0.15, -0.1) is 0 Å². The maximum atomic E-state index is 12.7. The first-order valence-electron chi connectivity index (χ1n) is 10.4. The van der Waals surface area contributed by atoms with Crippen LogP contribution in [0.4, 0.5) is 5.69 Å². The third-order valence-electron chi connectivity index (χ3n) is 5.66. The van der Waals surface area contributed by atoms with Gasteiger partial charge in [-0.05, 0) is 72.4 Å². The number of anilines is 1. The number of hydrogen-bond acceptors (Lipinski definition) is 4. The number of benzene rings is 3. The van der Waals surface area contributed by atoms with Crippen molar-refractivity contribution >= 4 is 28.6 Å².